The van der Waals surface area contributed by atoms with Gasteiger partial charge in [-0.15, -0.1) is 0 Å². The molecule has 0 aliphatic carbocycles. The van der Waals surface area contributed by atoms with Crippen molar-refractivity contribution in [3.05, 3.63) is 0 Å². The summed E-state index contributed by atoms with van der Waals surface area (Å²) in [4.78, 5) is 24.7. The third-order valence-electron chi connectivity index (χ3n) is 3.28. The number of rotatable bonds is 2. The third-order valence-corrected chi connectivity index (χ3v) is 3.28. The van der Waals surface area contributed by atoms with Crippen molar-refractivity contribution in [1.29, 1.82) is 0 Å². The van der Waals surface area contributed by atoms with Crippen molar-refractivity contribution >= 4 is 12.1 Å². The first kappa shape index (κ1) is 15.8. The maximum absolute atomic E-state index is 12.1. The van der Waals surface area contributed by atoms with Gasteiger partial charge in [0.15, 0.2) is 0 Å². The Bertz CT molecular complexity index is 335. The van der Waals surface area contributed by atoms with Crippen molar-refractivity contribution in [2.24, 2.45) is 5.92 Å². The van der Waals surface area contributed by atoms with E-state index in [1.165, 1.54) is 6.92 Å². The van der Waals surface area contributed by atoms with E-state index in [2.05, 4.69) is 0 Å². The van der Waals surface area contributed by atoms with Crippen molar-refractivity contribution in [2.45, 2.75) is 59.1 Å². The smallest absolute Gasteiger partial charge is 0.410 e. The van der Waals surface area contributed by atoms with E-state index in [9.17, 15) is 9.59 Å². The minimum atomic E-state index is -0.486. The van der Waals surface area contributed by atoms with Gasteiger partial charge in [0, 0.05) is 25.4 Å². The summed E-state index contributed by atoms with van der Waals surface area (Å²) in [5, 5.41) is 0. The largest absolute Gasteiger partial charge is 0.465 e. The first-order chi connectivity index (χ1) is 8.70. The van der Waals surface area contributed by atoms with Crippen LogP contribution in [0.25, 0.3) is 0 Å². The second-order valence-electron chi connectivity index (χ2n) is 6.12. The Balaban J connectivity index is 2.59. The molecule has 19 heavy (non-hydrogen) atoms. The molecule has 1 heterocycles. The van der Waals surface area contributed by atoms with Gasteiger partial charge in [0.05, 0.1) is 6.61 Å². The number of likely N-dealkylation sites (tertiary alicyclic amines) is 1. The molecule has 0 N–H and O–H groups in total. The molecule has 5 heteroatoms. The minimum absolute atomic E-state index is 0.0305. The molecule has 1 aliphatic heterocycles. The lowest BCUT2D eigenvalue weighted by atomic mass is 9.91. The van der Waals surface area contributed by atoms with Crippen LogP contribution in [-0.4, -0.2) is 41.8 Å². The molecule has 2 atom stereocenters. The van der Waals surface area contributed by atoms with Gasteiger partial charge < -0.3 is 14.4 Å². The van der Waals surface area contributed by atoms with E-state index in [0.29, 0.717) is 13.2 Å². The normalized spacial score (nSPS) is 23.9. The molecule has 0 aromatic rings. The first-order valence-corrected chi connectivity index (χ1v) is 6.83. The van der Waals surface area contributed by atoms with Crippen LogP contribution < -0.4 is 0 Å². The van der Waals surface area contributed by atoms with Gasteiger partial charge in [0.1, 0.15) is 5.60 Å². The van der Waals surface area contributed by atoms with Crippen LogP contribution in [-0.2, 0) is 14.3 Å². The highest BCUT2D eigenvalue weighted by Gasteiger charge is 2.34. The predicted molar refractivity (Wildman–Crippen MR) is 71.8 cm³/mol. The minimum Gasteiger partial charge on any atom is -0.465 e. The van der Waals surface area contributed by atoms with E-state index >= 15 is 0 Å². The summed E-state index contributed by atoms with van der Waals surface area (Å²) in [6.45, 7) is 10.0. The monoisotopic (exact) mass is 271 g/mol. The van der Waals surface area contributed by atoms with Crippen LogP contribution in [0.2, 0.25) is 0 Å². The highest BCUT2D eigenvalue weighted by atomic mass is 16.6. The number of nitrogens with zero attached hydrogens (tertiary/aromatic N) is 1. The number of amides is 1. The van der Waals surface area contributed by atoms with Crippen LogP contribution in [0.1, 0.15) is 47.5 Å². The summed E-state index contributed by atoms with van der Waals surface area (Å²) in [5.74, 6) is -0.0910. The molecule has 0 aromatic carbocycles. The van der Waals surface area contributed by atoms with Crippen molar-refractivity contribution in [2.75, 3.05) is 13.2 Å². The lowest BCUT2D eigenvalue weighted by Gasteiger charge is -2.39. The number of ether oxygens (including phenoxy) is 2. The van der Waals surface area contributed by atoms with Gasteiger partial charge in [0.25, 0.3) is 0 Å². The molecule has 5 nitrogen and oxygen atoms in total. The highest BCUT2D eigenvalue weighted by molar-refractivity contribution is 5.68. The Kier molecular flexibility index (Phi) is 5.20. The van der Waals surface area contributed by atoms with Gasteiger partial charge in [-0.3, -0.25) is 4.79 Å². The lowest BCUT2D eigenvalue weighted by Crippen LogP contribution is -2.49. The molecule has 0 radical (unpaired) electrons. The standard InChI is InChI=1S/C14H25NO4/c1-10-12(9-18-11(2)16)7-6-8-15(10)13(17)19-14(3,4)5/h10,12H,6-9H2,1-5H3/t10-,12?/m1/s1. The van der Waals surface area contributed by atoms with E-state index < -0.39 is 5.60 Å². The molecule has 1 aliphatic rings. The van der Waals surface area contributed by atoms with Crippen molar-refractivity contribution in [1.82, 2.24) is 4.90 Å². The summed E-state index contributed by atoms with van der Waals surface area (Å²) < 4.78 is 10.5. The number of hydrogen-bond donors (Lipinski definition) is 0. The molecule has 0 saturated carbocycles. The fourth-order valence-electron chi connectivity index (χ4n) is 2.25. The van der Waals surface area contributed by atoms with Crippen molar-refractivity contribution in [3.8, 4) is 0 Å². The van der Waals surface area contributed by atoms with Gasteiger partial charge in [-0.25, -0.2) is 4.79 Å². The average Bonchev–Trinajstić information content (AvgIpc) is 2.25. The van der Waals surface area contributed by atoms with E-state index in [1.54, 1.807) is 4.90 Å². The van der Waals surface area contributed by atoms with E-state index in [0.717, 1.165) is 12.8 Å². The third kappa shape index (κ3) is 5.09. The Hall–Kier alpha value is -1.26. The average molecular weight is 271 g/mol. The topological polar surface area (TPSA) is 55.8 Å². The van der Waals surface area contributed by atoms with Gasteiger partial charge >= 0.3 is 12.1 Å². The van der Waals surface area contributed by atoms with E-state index in [1.807, 2.05) is 27.7 Å². The summed E-state index contributed by atoms with van der Waals surface area (Å²) in [5.41, 5.74) is -0.486. The van der Waals surface area contributed by atoms with Crippen LogP contribution in [0.4, 0.5) is 4.79 Å². The van der Waals surface area contributed by atoms with Gasteiger partial charge in [0.2, 0.25) is 0 Å². The summed E-state index contributed by atoms with van der Waals surface area (Å²) >= 11 is 0. The van der Waals surface area contributed by atoms with Crippen LogP contribution in [0, 0.1) is 5.92 Å². The molecule has 1 fully saturated rings. The Morgan fingerprint density at radius 3 is 2.47 bits per heavy atom. The molecule has 1 amide bonds. The van der Waals surface area contributed by atoms with Crippen LogP contribution in [0.5, 0.6) is 0 Å². The zero-order valence-corrected chi connectivity index (χ0v) is 12.6. The molecular formula is C14H25NO4. The predicted octanol–water partition coefficient (Wildman–Crippen LogP) is 2.59. The van der Waals surface area contributed by atoms with Gasteiger partial charge in [-0.1, -0.05) is 0 Å². The van der Waals surface area contributed by atoms with Crippen LogP contribution in [0.15, 0.2) is 0 Å². The summed E-state index contributed by atoms with van der Waals surface area (Å²) in [6.07, 6.45) is 1.59. The second-order valence-corrected chi connectivity index (χ2v) is 6.12. The first-order valence-electron chi connectivity index (χ1n) is 6.83. The molecule has 0 bridgehead atoms. The molecule has 0 spiro atoms. The van der Waals surface area contributed by atoms with Crippen LogP contribution >= 0.6 is 0 Å². The molecule has 1 unspecified atom stereocenters. The fraction of sp³-hybridized carbons (Fsp3) is 0.857. The highest BCUT2D eigenvalue weighted by Crippen LogP contribution is 2.25. The van der Waals surface area contributed by atoms with Gasteiger partial charge in [-0.2, -0.15) is 0 Å². The summed E-state index contributed by atoms with van der Waals surface area (Å²) in [6, 6.07) is 0.0305. The van der Waals surface area contributed by atoms with Crippen molar-refractivity contribution < 1.29 is 19.1 Å². The Labute approximate surface area is 115 Å². The number of esters is 1. The van der Waals surface area contributed by atoms with Crippen molar-refractivity contribution in [3.63, 3.8) is 0 Å². The Morgan fingerprint density at radius 2 is 1.95 bits per heavy atom. The molecule has 0 aromatic heterocycles. The second kappa shape index (κ2) is 6.26. The molecular weight excluding hydrogens is 246 g/mol. The van der Waals surface area contributed by atoms with E-state index in [-0.39, 0.29) is 24.0 Å². The molecule has 110 valence electrons. The fourth-order valence-corrected chi connectivity index (χ4v) is 2.25. The van der Waals surface area contributed by atoms with E-state index in [4.69, 9.17) is 9.47 Å². The number of piperidine rings is 1. The lowest BCUT2D eigenvalue weighted by molar-refractivity contribution is -0.143. The zero-order valence-electron chi connectivity index (χ0n) is 12.6. The zero-order chi connectivity index (χ0) is 14.6. The SMILES string of the molecule is CC(=O)OCC1CCCN(C(=O)OC(C)(C)C)[C@@H]1C. The maximum atomic E-state index is 12.1. The number of carbonyl (C=O) groups is 2. The number of carbonyl (C=O) groups excluding carboxylic acids is 2. The van der Waals surface area contributed by atoms with Crippen LogP contribution in [0.3, 0.4) is 0 Å². The van der Waals surface area contributed by atoms with Gasteiger partial charge in [-0.05, 0) is 40.5 Å². The Morgan fingerprint density at radius 1 is 1.32 bits per heavy atom. The molecule has 1 rings (SSSR count). The number of hydrogen-bond acceptors (Lipinski definition) is 4. The quantitative estimate of drug-likeness (QED) is 0.724. The maximum Gasteiger partial charge on any atom is 0.410 e. The summed E-state index contributed by atoms with van der Waals surface area (Å²) in [7, 11) is 0. The molecule has 1 saturated heterocycles.